The van der Waals surface area contributed by atoms with Crippen molar-refractivity contribution in [3.8, 4) is 0 Å². The second kappa shape index (κ2) is 6.80. The van der Waals surface area contributed by atoms with Crippen molar-refractivity contribution in [1.82, 2.24) is 5.32 Å². The molecule has 0 aromatic heterocycles. The van der Waals surface area contributed by atoms with Crippen LogP contribution < -0.4 is 15.5 Å². The van der Waals surface area contributed by atoms with E-state index in [4.69, 9.17) is 0 Å². The summed E-state index contributed by atoms with van der Waals surface area (Å²) in [6.07, 6.45) is 5.23. The highest BCUT2D eigenvalue weighted by atomic mass is 15.1. The third kappa shape index (κ3) is 4.13. The molecule has 106 valence electrons. The van der Waals surface area contributed by atoms with Gasteiger partial charge in [-0.15, -0.1) is 0 Å². The van der Waals surface area contributed by atoms with Crippen LogP contribution in [0.15, 0.2) is 24.3 Å². The molecule has 3 heteroatoms. The van der Waals surface area contributed by atoms with Crippen molar-refractivity contribution in [2.45, 2.75) is 44.7 Å². The van der Waals surface area contributed by atoms with Crippen molar-refractivity contribution in [3.63, 3.8) is 0 Å². The number of anilines is 2. The molecule has 1 heterocycles. The molecule has 1 aromatic rings. The third-order valence-electron chi connectivity index (χ3n) is 3.84. The van der Waals surface area contributed by atoms with Crippen LogP contribution >= 0.6 is 0 Å². The first-order valence-corrected chi connectivity index (χ1v) is 7.43. The lowest BCUT2D eigenvalue weighted by molar-refractivity contribution is 0.371. The summed E-state index contributed by atoms with van der Waals surface area (Å²) in [5.74, 6) is 0. The maximum Gasteiger partial charge on any atom is 0.0596 e. The quantitative estimate of drug-likeness (QED) is 0.853. The van der Waals surface area contributed by atoms with E-state index in [0.29, 0.717) is 12.1 Å². The largest absolute Gasteiger partial charge is 0.381 e. The molecule has 2 N–H and O–H groups in total. The van der Waals surface area contributed by atoms with Gasteiger partial charge >= 0.3 is 0 Å². The number of para-hydroxylation sites is 2. The van der Waals surface area contributed by atoms with Gasteiger partial charge in [0.25, 0.3) is 0 Å². The van der Waals surface area contributed by atoms with Gasteiger partial charge in [-0.3, -0.25) is 0 Å². The van der Waals surface area contributed by atoms with Crippen LogP contribution in [0.5, 0.6) is 0 Å². The topological polar surface area (TPSA) is 27.3 Å². The fraction of sp³-hybridized carbons (Fsp3) is 0.625. The lowest BCUT2D eigenvalue weighted by Gasteiger charge is -2.28. The first-order chi connectivity index (χ1) is 9.16. The van der Waals surface area contributed by atoms with Gasteiger partial charge in [0, 0.05) is 26.2 Å². The predicted octanol–water partition coefficient (Wildman–Crippen LogP) is 3.09. The summed E-state index contributed by atoms with van der Waals surface area (Å²) in [5, 5.41) is 7.28. The molecule has 0 aliphatic carbocycles. The highest BCUT2D eigenvalue weighted by Crippen LogP contribution is 2.25. The number of piperidine rings is 1. The second-order valence-corrected chi connectivity index (χ2v) is 5.84. The van der Waals surface area contributed by atoms with E-state index in [1.54, 1.807) is 0 Å². The zero-order valence-corrected chi connectivity index (χ0v) is 12.4. The molecule has 0 amide bonds. The highest BCUT2D eigenvalue weighted by Gasteiger charge is 2.16. The molecule has 1 aliphatic heterocycles. The van der Waals surface area contributed by atoms with Crippen molar-refractivity contribution in [1.29, 1.82) is 0 Å². The summed E-state index contributed by atoms with van der Waals surface area (Å²) in [6, 6.07) is 9.70. The third-order valence-corrected chi connectivity index (χ3v) is 3.84. The van der Waals surface area contributed by atoms with Gasteiger partial charge in [0.1, 0.15) is 0 Å². The Kier molecular flexibility index (Phi) is 5.08. The molecular weight excluding hydrogens is 234 g/mol. The molecule has 1 aliphatic rings. The number of nitrogens with one attached hydrogen (secondary N) is 2. The van der Waals surface area contributed by atoms with E-state index >= 15 is 0 Å². The smallest absolute Gasteiger partial charge is 0.0596 e. The lowest BCUT2D eigenvalue weighted by Crippen LogP contribution is -2.37. The van der Waals surface area contributed by atoms with Gasteiger partial charge in [-0.2, -0.15) is 0 Å². The SMILES string of the molecule is CC(CC1CCCCN1)Nc1ccccc1N(C)C. The van der Waals surface area contributed by atoms with Crippen molar-refractivity contribution >= 4 is 11.4 Å². The van der Waals surface area contributed by atoms with E-state index in [2.05, 4.69) is 60.8 Å². The Morgan fingerprint density at radius 1 is 1.32 bits per heavy atom. The van der Waals surface area contributed by atoms with E-state index in [9.17, 15) is 0 Å². The van der Waals surface area contributed by atoms with Crippen LogP contribution in [0.2, 0.25) is 0 Å². The van der Waals surface area contributed by atoms with Crippen LogP contribution in [-0.2, 0) is 0 Å². The molecule has 3 nitrogen and oxygen atoms in total. The molecule has 1 aromatic carbocycles. The van der Waals surface area contributed by atoms with E-state index in [1.807, 2.05) is 0 Å². The minimum atomic E-state index is 0.497. The Morgan fingerprint density at radius 3 is 2.79 bits per heavy atom. The van der Waals surface area contributed by atoms with Crippen LogP contribution in [0, 0.1) is 0 Å². The molecule has 1 fully saturated rings. The number of nitrogens with zero attached hydrogens (tertiary/aromatic N) is 1. The maximum absolute atomic E-state index is 3.66. The van der Waals surface area contributed by atoms with Crippen molar-refractivity contribution < 1.29 is 0 Å². The summed E-state index contributed by atoms with van der Waals surface area (Å²) >= 11 is 0. The minimum absolute atomic E-state index is 0.497. The number of hydrogen-bond acceptors (Lipinski definition) is 3. The van der Waals surface area contributed by atoms with Crippen LogP contribution in [0.4, 0.5) is 11.4 Å². The maximum atomic E-state index is 3.66. The Hall–Kier alpha value is -1.22. The van der Waals surface area contributed by atoms with Crippen LogP contribution in [0.1, 0.15) is 32.6 Å². The highest BCUT2D eigenvalue weighted by molar-refractivity contribution is 5.69. The van der Waals surface area contributed by atoms with Gasteiger partial charge < -0.3 is 15.5 Å². The molecule has 0 radical (unpaired) electrons. The molecule has 2 unspecified atom stereocenters. The average Bonchev–Trinajstić information content (AvgIpc) is 2.40. The van der Waals surface area contributed by atoms with E-state index < -0.39 is 0 Å². The fourth-order valence-electron chi connectivity index (χ4n) is 2.86. The second-order valence-electron chi connectivity index (χ2n) is 5.84. The predicted molar refractivity (Wildman–Crippen MR) is 84.1 cm³/mol. The van der Waals surface area contributed by atoms with Crippen molar-refractivity contribution in [2.24, 2.45) is 0 Å². The number of rotatable bonds is 5. The van der Waals surface area contributed by atoms with Gasteiger partial charge in [0.05, 0.1) is 11.4 Å². The molecule has 0 saturated carbocycles. The van der Waals surface area contributed by atoms with E-state index in [1.165, 1.54) is 43.6 Å². The summed E-state index contributed by atoms with van der Waals surface area (Å²) < 4.78 is 0. The Balaban J connectivity index is 1.92. The average molecular weight is 261 g/mol. The Labute approximate surface area is 117 Å². The zero-order valence-electron chi connectivity index (χ0n) is 12.4. The van der Waals surface area contributed by atoms with Gasteiger partial charge in [-0.25, -0.2) is 0 Å². The fourth-order valence-corrected chi connectivity index (χ4v) is 2.86. The summed E-state index contributed by atoms with van der Waals surface area (Å²) in [7, 11) is 4.18. The summed E-state index contributed by atoms with van der Waals surface area (Å²) in [4.78, 5) is 2.16. The zero-order chi connectivity index (χ0) is 13.7. The number of benzene rings is 1. The normalized spacial score (nSPS) is 20.9. The monoisotopic (exact) mass is 261 g/mol. The minimum Gasteiger partial charge on any atom is -0.381 e. The lowest BCUT2D eigenvalue weighted by atomic mass is 9.98. The molecule has 1 saturated heterocycles. The van der Waals surface area contributed by atoms with Crippen molar-refractivity contribution in [2.75, 3.05) is 30.9 Å². The molecule has 2 atom stereocenters. The summed E-state index contributed by atoms with van der Waals surface area (Å²) in [6.45, 7) is 3.47. The first kappa shape index (κ1) is 14.2. The number of hydrogen-bond donors (Lipinski definition) is 2. The van der Waals surface area contributed by atoms with E-state index in [-0.39, 0.29) is 0 Å². The molecular formula is C16H27N3. The molecule has 0 spiro atoms. The molecule has 19 heavy (non-hydrogen) atoms. The first-order valence-electron chi connectivity index (χ1n) is 7.43. The Bertz CT molecular complexity index is 383. The molecule has 2 rings (SSSR count). The van der Waals surface area contributed by atoms with E-state index in [0.717, 1.165) is 0 Å². The standard InChI is InChI=1S/C16H27N3/c1-13(12-14-8-6-7-11-17-14)18-15-9-4-5-10-16(15)19(2)3/h4-5,9-10,13-14,17-18H,6-8,11-12H2,1-3H3. The molecule has 0 bridgehead atoms. The Morgan fingerprint density at radius 2 is 2.11 bits per heavy atom. The van der Waals surface area contributed by atoms with Gasteiger partial charge in [-0.05, 0) is 44.9 Å². The van der Waals surface area contributed by atoms with Gasteiger partial charge in [0.2, 0.25) is 0 Å². The van der Waals surface area contributed by atoms with Crippen LogP contribution in [-0.4, -0.2) is 32.7 Å². The summed E-state index contributed by atoms with van der Waals surface area (Å²) in [5.41, 5.74) is 2.49. The van der Waals surface area contributed by atoms with Gasteiger partial charge in [-0.1, -0.05) is 18.6 Å². The van der Waals surface area contributed by atoms with Crippen LogP contribution in [0.25, 0.3) is 0 Å². The van der Waals surface area contributed by atoms with Gasteiger partial charge in [0.15, 0.2) is 0 Å². The van der Waals surface area contributed by atoms with Crippen molar-refractivity contribution in [3.05, 3.63) is 24.3 Å². The van der Waals surface area contributed by atoms with Crippen LogP contribution in [0.3, 0.4) is 0 Å².